The molecule has 1 saturated carbocycles. The first-order valence-electron chi connectivity index (χ1n) is 7.76. The molecule has 3 rings (SSSR count). The van der Waals surface area contributed by atoms with Crippen LogP contribution in [0.15, 0.2) is 0 Å². The Kier molecular flexibility index (Phi) is 3.20. The van der Waals surface area contributed by atoms with Gasteiger partial charge in [0.25, 0.3) is 0 Å². The molecule has 0 aromatic carbocycles. The quantitative estimate of drug-likeness (QED) is 0.727. The van der Waals surface area contributed by atoms with Crippen molar-refractivity contribution in [3.8, 4) is 0 Å². The van der Waals surface area contributed by atoms with Crippen molar-refractivity contribution in [3.05, 3.63) is 0 Å². The van der Waals surface area contributed by atoms with E-state index in [4.69, 9.17) is 0 Å². The van der Waals surface area contributed by atoms with Gasteiger partial charge in [-0.3, -0.25) is 9.80 Å². The van der Waals surface area contributed by atoms with E-state index in [-0.39, 0.29) is 0 Å². The Hall–Kier alpha value is -0.0800. The van der Waals surface area contributed by atoms with E-state index in [9.17, 15) is 0 Å². The summed E-state index contributed by atoms with van der Waals surface area (Å²) >= 11 is 0. The maximum absolute atomic E-state index is 2.89. The lowest BCUT2D eigenvalue weighted by atomic mass is 9.72. The van der Waals surface area contributed by atoms with Crippen LogP contribution in [0.5, 0.6) is 0 Å². The average molecular weight is 236 g/mol. The normalized spacial score (nSPS) is 38.5. The van der Waals surface area contributed by atoms with Crippen LogP contribution in [0.4, 0.5) is 0 Å². The van der Waals surface area contributed by atoms with Crippen LogP contribution in [0.25, 0.3) is 0 Å². The summed E-state index contributed by atoms with van der Waals surface area (Å²) in [6.07, 6.45) is 10.1. The van der Waals surface area contributed by atoms with E-state index in [1.165, 1.54) is 64.6 Å². The summed E-state index contributed by atoms with van der Waals surface area (Å²) in [4.78, 5) is 5.66. The van der Waals surface area contributed by atoms with E-state index in [0.29, 0.717) is 5.54 Å². The zero-order valence-corrected chi connectivity index (χ0v) is 11.6. The van der Waals surface area contributed by atoms with Crippen LogP contribution in [0.1, 0.15) is 58.8 Å². The molecule has 2 heterocycles. The van der Waals surface area contributed by atoms with E-state index in [1.54, 1.807) is 0 Å². The van der Waals surface area contributed by atoms with Crippen LogP contribution in [0.2, 0.25) is 0 Å². The number of hydrogen-bond acceptors (Lipinski definition) is 2. The molecule has 3 fully saturated rings. The lowest BCUT2D eigenvalue weighted by molar-refractivity contribution is -0.0812. The highest BCUT2D eigenvalue weighted by Gasteiger charge is 2.46. The highest BCUT2D eigenvalue weighted by Crippen LogP contribution is 2.43. The third-order valence-electron chi connectivity index (χ3n) is 5.74. The van der Waals surface area contributed by atoms with Gasteiger partial charge < -0.3 is 0 Å². The monoisotopic (exact) mass is 236 g/mol. The second-order valence-electron chi connectivity index (χ2n) is 6.58. The lowest BCUT2D eigenvalue weighted by Gasteiger charge is -2.58. The molecule has 0 N–H and O–H groups in total. The van der Waals surface area contributed by atoms with E-state index < -0.39 is 0 Å². The Bertz CT molecular complexity index is 267. The number of piperazine rings is 1. The van der Waals surface area contributed by atoms with Crippen LogP contribution >= 0.6 is 0 Å². The van der Waals surface area contributed by atoms with Gasteiger partial charge in [0.15, 0.2) is 0 Å². The standard InChI is InChI=1S/C15H28N2/c1-3-15(8-6-9-15)17-12-14-7-4-5-10-16(14)11-13(17)2/h13-14H,3-12H2,1-2H3. The molecule has 2 nitrogen and oxygen atoms in total. The predicted octanol–water partition coefficient (Wildman–Crippen LogP) is 2.88. The second kappa shape index (κ2) is 4.55. The van der Waals surface area contributed by atoms with Gasteiger partial charge in [-0.05, 0) is 52.0 Å². The molecule has 2 unspecified atom stereocenters. The average Bonchev–Trinajstić information content (AvgIpc) is 2.29. The smallest absolute Gasteiger partial charge is 0.0224 e. The first kappa shape index (κ1) is 12.0. The van der Waals surface area contributed by atoms with Crippen LogP contribution in [-0.4, -0.2) is 47.1 Å². The van der Waals surface area contributed by atoms with Crippen LogP contribution in [-0.2, 0) is 0 Å². The van der Waals surface area contributed by atoms with Gasteiger partial charge in [-0.15, -0.1) is 0 Å². The Morgan fingerprint density at radius 1 is 1.12 bits per heavy atom. The third-order valence-corrected chi connectivity index (χ3v) is 5.74. The van der Waals surface area contributed by atoms with Crippen molar-refractivity contribution in [1.29, 1.82) is 0 Å². The minimum atomic E-state index is 0.600. The minimum Gasteiger partial charge on any atom is -0.298 e. The van der Waals surface area contributed by atoms with E-state index in [2.05, 4.69) is 23.6 Å². The summed E-state index contributed by atoms with van der Waals surface area (Å²) in [5, 5.41) is 0. The molecule has 2 aliphatic heterocycles. The number of rotatable bonds is 2. The van der Waals surface area contributed by atoms with Crippen LogP contribution in [0.3, 0.4) is 0 Å². The van der Waals surface area contributed by atoms with Gasteiger partial charge in [0.2, 0.25) is 0 Å². The van der Waals surface area contributed by atoms with Gasteiger partial charge in [-0.25, -0.2) is 0 Å². The highest BCUT2D eigenvalue weighted by molar-refractivity contribution is 5.03. The summed E-state index contributed by atoms with van der Waals surface area (Å²) in [6.45, 7) is 8.91. The summed E-state index contributed by atoms with van der Waals surface area (Å²) in [6, 6.07) is 1.66. The topological polar surface area (TPSA) is 6.48 Å². The molecule has 3 aliphatic rings. The van der Waals surface area contributed by atoms with Gasteiger partial charge in [-0.2, -0.15) is 0 Å². The summed E-state index contributed by atoms with van der Waals surface area (Å²) < 4.78 is 0. The van der Waals surface area contributed by atoms with Crippen molar-refractivity contribution in [1.82, 2.24) is 9.80 Å². The van der Waals surface area contributed by atoms with Gasteiger partial charge in [0.1, 0.15) is 0 Å². The number of nitrogens with zero attached hydrogens (tertiary/aromatic N) is 2. The maximum Gasteiger partial charge on any atom is 0.0224 e. The Morgan fingerprint density at radius 3 is 2.59 bits per heavy atom. The fourth-order valence-corrected chi connectivity index (χ4v) is 4.44. The zero-order valence-electron chi connectivity index (χ0n) is 11.6. The van der Waals surface area contributed by atoms with Gasteiger partial charge >= 0.3 is 0 Å². The highest BCUT2D eigenvalue weighted by atomic mass is 15.3. The molecule has 2 heteroatoms. The zero-order chi connectivity index (χ0) is 11.9. The molecular formula is C15H28N2. The van der Waals surface area contributed by atoms with Crippen molar-refractivity contribution < 1.29 is 0 Å². The lowest BCUT2D eigenvalue weighted by Crippen LogP contribution is -2.66. The van der Waals surface area contributed by atoms with E-state index >= 15 is 0 Å². The molecule has 2 saturated heterocycles. The van der Waals surface area contributed by atoms with Gasteiger partial charge in [-0.1, -0.05) is 13.3 Å². The van der Waals surface area contributed by atoms with Crippen molar-refractivity contribution in [2.24, 2.45) is 0 Å². The van der Waals surface area contributed by atoms with Crippen molar-refractivity contribution in [2.45, 2.75) is 76.4 Å². The minimum absolute atomic E-state index is 0.600. The van der Waals surface area contributed by atoms with E-state index in [0.717, 1.165) is 12.1 Å². The largest absolute Gasteiger partial charge is 0.298 e. The molecule has 17 heavy (non-hydrogen) atoms. The summed E-state index contributed by atoms with van der Waals surface area (Å²) in [7, 11) is 0. The fourth-order valence-electron chi connectivity index (χ4n) is 4.44. The number of fused-ring (bicyclic) bond motifs is 1. The maximum atomic E-state index is 2.89. The molecule has 0 amide bonds. The summed E-state index contributed by atoms with van der Waals surface area (Å²) in [5.41, 5.74) is 0.600. The summed E-state index contributed by atoms with van der Waals surface area (Å²) in [5.74, 6) is 0. The first-order valence-corrected chi connectivity index (χ1v) is 7.76. The van der Waals surface area contributed by atoms with Crippen LogP contribution in [0, 0.1) is 0 Å². The van der Waals surface area contributed by atoms with Gasteiger partial charge in [0, 0.05) is 30.7 Å². The Labute approximate surface area is 106 Å². The van der Waals surface area contributed by atoms with Crippen LogP contribution < -0.4 is 0 Å². The molecule has 0 bridgehead atoms. The third kappa shape index (κ3) is 1.94. The molecule has 0 aromatic heterocycles. The predicted molar refractivity (Wildman–Crippen MR) is 72.3 cm³/mol. The molecule has 0 spiro atoms. The Balaban J connectivity index is 1.72. The van der Waals surface area contributed by atoms with Crippen molar-refractivity contribution in [2.75, 3.05) is 19.6 Å². The molecule has 2 atom stereocenters. The Morgan fingerprint density at radius 2 is 1.94 bits per heavy atom. The first-order chi connectivity index (χ1) is 8.25. The van der Waals surface area contributed by atoms with Crippen molar-refractivity contribution >= 4 is 0 Å². The molecule has 98 valence electrons. The molecular weight excluding hydrogens is 208 g/mol. The number of hydrogen-bond donors (Lipinski definition) is 0. The molecule has 1 aliphatic carbocycles. The van der Waals surface area contributed by atoms with Crippen molar-refractivity contribution in [3.63, 3.8) is 0 Å². The fraction of sp³-hybridized carbons (Fsp3) is 1.00. The SMILES string of the molecule is CCC1(N2CC3CCCCN3CC2C)CCC1. The van der Waals surface area contributed by atoms with E-state index in [1.807, 2.05) is 0 Å². The second-order valence-corrected chi connectivity index (χ2v) is 6.58. The van der Waals surface area contributed by atoms with Gasteiger partial charge in [0.05, 0.1) is 0 Å². The molecule has 0 radical (unpaired) electrons. The number of piperidine rings is 1. The molecule has 0 aromatic rings.